The molecule has 2 aromatic carbocycles. The summed E-state index contributed by atoms with van der Waals surface area (Å²) >= 11 is 0. The fourth-order valence-corrected chi connectivity index (χ4v) is 3.26. The fourth-order valence-electron chi connectivity index (χ4n) is 3.26. The van der Waals surface area contributed by atoms with E-state index in [1.54, 1.807) is 54.8 Å². The van der Waals surface area contributed by atoms with E-state index >= 15 is 0 Å². The summed E-state index contributed by atoms with van der Waals surface area (Å²) in [5.74, 6) is 0. The molecule has 0 N–H and O–H groups in total. The second-order valence-corrected chi connectivity index (χ2v) is 7.64. The quantitative estimate of drug-likeness (QED) is 0.704. The first-order valence-corrected chi connectivity index (χ1v) is 8.88. The van der Waals surface area contributed by atoms with Gasteiger partial charge in [-0.1, -0.05) is 30.3 Å². The zero-order valence-electron chi connectivity index (χ0n) is 15.6. The molecule has 0 spiro atoms. The van der Waals surface area contributed by atoms with Crippen LogP contribution in [0.4, 0.5) is 23.7 Å². The Balaban J connectivity index is 1.88. The highest BCUT2D eigenvalue weighted by Gasteiger charge is 2.37. The van der Waals surface area contributed by atoms with Crippen molar-refractivity contribution in [3.05, 3.63) is 42.0 Å². The lowest BCUT2D eigenvalue weighted by Gasteiger charge is -2.38. The van der Waals surface area contributed by atoms with Gasteiger partial charge in [0.2, 0.25) is 0 Å². The van der Waals surface area contributed by atoms with Crippen molar-refractivity contribution in [2.45, 2.75) is 32.5 Å². The number of benzene rings is 2. The first kappa shape index (κ1) is 19.3. The summed E-state index contributed by atoms with van der Waals surface area (Å²) < 4.78 is 46.2. The zero-order valence-corrected chi connectivity index (χ0v) is 15.6. The zero-order chi connectivity index (χ0) is 19.8. The maximum Gasteiger partial charge on any atom is 0.418 e. The average molecular weight is 380 g/mol. The minimum absolute atomic E-state index is 0.185. The number of rotatable bonds is 1. The predicted molar refractivity (Wildman–Crippen MR) is 99.0 cm³/mol. The number of ether oxygens (including phenoxy) is 1. The summed E-state index contributed by atoms with van der Waals surface area (Å²) in [7, 11) is 0. The van der Waals surface area contributed by atoms with Gasteiger partial charge in [-0.3, -0.25) is 0 Å². The third-order valence-electron chi connectivity index (χ3n) is 4.45. The molecule has 1 saturated heterocycles. The van der Waals surface area contributed by atoms with E-state index in [1.807, 2.05) is 0 Å². The molecule has 0 aliphatic carbocycles. The van der Waals surface area contributed by atoms with Gasteiger partial charge in [0.05, 0.1) is 11.3 Å². The van der Waals surface area contributed by atoms with Crippen LogP contribution in [0.15, 0.2) is 36.4 Å². The molecule has 146 valence electrons. The topological polar surface area (TPSA) is 32.8 Å². The SMILES string of the molecule is CC(C)(C)OC(=O)N1CCN(c2c(C(F)(F)F)ccc3ccccc23)CC1. The van der Waals surface area contributed by atoms with Crippen molar-refractivity contribution in [3.63, 3.8) is 0 Å². The van der Waals surface area contributed by atoms with Gasteiger partial charge in [0.1, 0.15) is 5.60 Å². The number of carbonyl (C=O) groups excluding carboxylic acids is 1. The van der Waals surface area contributed by atoms with Crippen LogP contribution >= 0.6 is 0 Å². The Morgan fingerprint density at radius 1 is 0.963 bits per heavy atom. The molecule has 2 aromatic rings. The van der Waals surface area contributed by atoms with Crippen molar-refractivity contribution >= 4 is 22.6 Å². The lowest BCUT2D eigenvalue weighted by molar-refractivity contribution is -0.137. The molecule has 1 fully saturated rings. The van der Waals surface area contributed by atoms with Crippen LogP contribution in [0.1, 0.15) is 26.3 Å². The number of carbonyl (C=O) groups is 1. The van der Waals surface area contributed by atoms with Gasteiger partial charge in [-0.25, -0.2) is 4.79 Å². The van der Waals surface area contributed by atoms with Crippen molar-refractivity contribution in [3.8, 4) is 0 Å². The minimum atomic E-state index is -4.44. The third-order valence-corrected chi connectivity index (χ3v) is 4.45. The van der Waals surface area contributed by atoms with Crippen molar-refractivity contribution in [1.82, 2.24) is 4.90 Å². The number of hydrogen-bond acceptors (Lipinski definition) is 3. The first-order chi connectivity index (χ1) is 12.6. The highest BCUT2D eigenvalue weighted by atomic mass is 19.4. The van der Waals surface area contributed by atoms with Crippen LogP contribution in [0.5, 0.6) is 0 Å². The number of alkyl halides is 3. The van der Waals surface area contributed by atoms with Crippen molar-refractivity contribution in [1.29, 1.82) is 0 Å². The summed E-state index contributed by atoms with van der Waals surface area (Å²) in [4.78, 5) is 15.5. The van der Waals surface area contributed by atoms with E-state index < -0.39 is 23.4 Å². The van der Waals surface area contributed by atoms with Crippen LogP contribution < -0.4 is 4.90 Å². The van der Waals surface area contributed by atoms with Gasteiger partial charge in [0, 0.05) is 31.6 Å². The molecule has 0 radical (unpaired) electrons. The number of amides is 1. The standard InChI is InChI=1S/C20H23F3N2O2/c1-19(2,3)27-18(26)25-12-10-24(11-13-25)17-15-7-5-4-6-14(15)8-9-16(17)20(21,22)23/h4-9H,10-13H2,1-3H3. The first-order valence-electron chi connectivity index (χ1n) is 8.88. The largest absolute Gasteiger partial charge is 0.444 e. The van der Waals surface area contributed by atoms with Gasteiger partial charge >= 0.3 is 12.3 Å². The molecule has 0 aromatic heterocycles. The fraction of sp³-hybridized carbons (Fsp3) is 0.450. The van der Waals surface area contributed by atoms with Crippen molar-refractivity contribution in [2.75, 3.05) is 31.1 Å². The third kappa shape index (κ3) is 4.28. The van der Waals surface area contributed by atoms with Crippen LogP contribution in [-0.2, 0) is 10.9 Å². The van der Waals surface area contributed by atoms with Crippen molar-refractivity contribution in [2.24, 2.45) is 0 Å². The second-order valence-electron chi connectivity index (χ2n) is 7.64. The van der Waals surface area contributed by atoms with Crippen LogP contribution in [0.2, 0.25) is 0 Å². The average Bonchev–Trinajstić information content (AvgIpc) is 2.58. The predicted octanol–water partition coefficient (Wildman–Crippen LogP) is 4.92. The van der Waals surface area contributed by atoms with E-state index in [1.165, 1.54) is 6.07 Å². The van der Waals surface area contributed by atoms with E-state index in [-0.39, 0.29) is 5.69 Å². The highest BCUT2D eigenvalue weighted by Crippen LogP contribution is 2.41. The van der Waals surface area contributed by atoms with Crippen LogP contribution in [0.25, 0.3) is 10.8 Å². The number of piperazine rings is 1. The molecule has 27 heavy (non-hydrogen) atoms. The monoisotopic (exact) mass is 380 g/mol. The van der Waals surface area contributed by atoms with Gasteiger partial charge in [-0.15, -0.1) is 0 Å². The van der Waals surface area contributed by atoms with Gasteiger partial charge in [-0.2, -0.15) is 13.2 Å². The summed E-state index contributed by atoms with van der Waals surface area (Å²) in [6.07, 6.45) is -4.88. The van der Waals surface area contributed by atoms with E-state index in [0.29, 0.717) is 31.6 Å². The molecule has 0 unspecified atom stereocenters. The molecule has 3 rings (SSSR count). The summed E-state index contributed by atoms with van der Waals surface area (Å²) in [6.45, 7) is 6.62. The Kier molecular flexibility index (Phi) is 4.97. The maximum atomic E-state index is 13.6. The van der Waals surface area contributed by atoms with Gasteiger partial charge in [0.25, 0.3) is 0 Å². The Bertz CT molecular complexity index is 835. The molecule has 1 aliphatic rings. The molecular weight excluding hydrogens is 357 g/mol. The maximum absolute atomic E-state index is 13.6. The Morgan fingerprint density at radius 3 is 2.19 bits per heavy atom. The minimum Gasteiger partial charge on any atom is -0.444 e. The molecule has 1 aliphatic heterocycles. The number of hydrogen-bond donors (Lipinski definition) is 0. The number of halogens is 3. The normalized spacial score (nSPS) is 15.9. The van der Waals surface area contributed by atoms with E-state index in [0.717, 1.165) is 11.5 Å². The summed E-state index contributed by atoms with van der Waals surface area (Å²) in [6, 6.07) is 9.69. The molecule has 0 saturated carbocycles. The van der Waals surface area contributed by atoms with E-state index in [9.17, 15) is 18.0 Å². The Labute approximate surface area is 156 Å². The number of fused-ring (bicyclic) bond motifs is 1. The Hall–Kier alpha value is -2.44. The van der Waals surface area contributed by atoms with E-state index in [2.05, 4.69) is 0 Å². The lowest BCUT2D eigenvalue weighted by Crippen LogP contribution is -2.50. The summed E-state index contributed by atoms with van der Waals surface area (Å²) in [5.41, 5.74) is -1.07. The van der Waals surface area contributed by atoms with Gasteiger partial charge in [0.15, 0.2) is 0 Å². The highest BCUT2D eigenvalue weighted by molar-refractivity contribution is 5.96. The van der Waals surface area contributed by atoms with Crippen LogP contribution in [0, 0.1) is 0 Å². The molecule has 0 bridgehead atoms. The van der Waals surface area contributed by atoms with Crippen LogP contribution in [-0.4, -0.2) is 42.8 Å². The molecule has 4 nitrogen and oxygen atoms in total. The molecule has 1 heterocycles. The number of anilines is 1. The molecular formula is C20H23F3N2O2. The summed E-state index contributed by atoms with van der Waals surface area (Å²) in [5, 5.41) is 1.33. The lowest BCUT2D eigenvalue weighted by atomic mass is 10.0. The van der Waals surface area contributed by atoms with Gasteiger partial charge in [-0.05, 0) is 32.2 Å². The smallest absolute Gasteiger partial charge is 0.418 e. The van der Waals surface area contributed by atoms with Crippen LogP contribution in [0.3, 0.4) is 0 Å². The Morgan fingerprint density at radius 2 is 1.59 bits per heavy atom. The number of nitrogens with zero attached hydrogens (tertiary/aromatic N) is 2. The molecule has 1 amide bonds. The molecule has 7 heteroatoms. The van der Waals surface area contributed by atoms with Gasteiger partial charge < -0.3 is 14.5 Å². The second kappa shape index (κ2) is 6.94. The van der Waals surface area contributed by atoms with Crippen molar-refractivity contribution < 1.29 is 22.7 Å². The molecule has 0 atom stereocenters. The van der Waals surface area contributed by atoms with E-state index in [4.69, 9.17) is 4.74 Å².